The summed E-state index contributed by atoms with van der Waals surface area (Å²) in [4.78, 5) is 13.9. The third-order valence-electron chi connectivity index (χ3n) is 3.22. The van der Waals surface area contributed by atoms with Crippen molar-refractivity contribution in [2.45, 2.75) is 20.5 Å². The minimum atomic E-state index is -1.00. The van der Waals surface area contributed by atoms with E-state index in [1.165, 1.54) is 4.90 Å². The number of carbonyl (C=O) groups is 1. The van der Waals surface area contributed by atoms with E-state index in [9.17, 15) is 4.79 Å². The predicted octanol–water partition coefficient (Wildman–Crippen LogP) is 4.78. The fraction of sp³-hybridized carbons (Fsp3) is 0.125. The molecule has 0 fully saturated rings. The quantitative estimate of drug-likeness (QED) is 0.539. The topological polar surface area (TPSA) is 78.0 Å². The average molecular weight is 378 g/mol. The average Bonchev–Trinajstić information content (AvgIpc) is 3.24. The number of thioether (sulfide) groups is 1. The fourth-order valence-electron chi connectivity index (χ4n) is 2.11. The Labute approximate surface area is 151 Å². The maximum absolute atomic E-state index is 10.6. The number of H-pyrrole nitrogens is 1. The molecule has 124 valence electrons. The second-order valence-corrected chi connectivity index (χ2v) is 8.29. The van der Waals surface area contributed by atoms with Crippen LogP contribution in [0.25, 0.3) is 11.1 Å². The van der Waals surface area contributed by atoms with Gasteiger partial charge in [-0.05, 0) is 42.2 Å². The third-order valence-corrected chi connectivity index (χ3v) is 6.11. The van der Waals surface area contributed by atoms with Crippen LogP contribution in [0, 0.1) is 0 Å². The van der Waals surface area contributed by atoms with Crippen molar-refractivity contribution in [2.75, 3.05) is 6.26 Å². The Morgan fingerprint density at radius 1 is 1.29 bits per heavy atom. The summed E-state index contributed by atoms with van der Waals surface area (Å²) >= 11 is 4.99. The number of benzene rings is 1. The molecule has 0 spiro atoms. The zero-order valence-electron chi connectivity index (χ0n) is 12.8. The van der Waals surface area contributed by atoms with Gasteiger partial charge in [0.05, 0.1) is 17.0 Å². The second-order valence-electron chi connectivity index (χ2n) is 4.87. The van der Waals surface area contributed by atoms with Crippen molar-refractivity contribution >= 4 is 41.0 Å². The van der Waals surface area contributed by atoms with E-state index in [4.69, 9.17) is 5.11 Å². The van der Waals surface area contributed by atoms with Crippen LogP contribution in [0.4, 0.5) is 4.79 Å². The van der Waals surface area contributed by atoms with Crippen molar-refractivity contribution in [3.05, 3.63) is 47.6 Å². The second kappa shape index (κ2) is 7.78. The molecule has 5 nitrogen and oxygen atoms in total. The fourth-order valence-corrected chi connectivity index (χ4v) is 4.87. The number of amides is 1. The van der Waals surface area contributed by atoms with Gasteiger partial charge in [0.2, 0.25) is 0 Å². The van der Waals surface area contributed by atoms with Crippen molar-refractivity contribution in [3.63, 3.8) is 0 Å². The van der Waals surface area contributed by atoms with E-state index in [1.54, 1.807) is 34.9 Å². The Hall–Kier alpha value is -1.90. The summed E-state index contributed by atoms with van der Waals surface area (Å²) in [6.07, 6.45) is 4.75. The van der Waals surface area contributed by atoms with Gasteiger partial charge in [-0.25, -0.2) is 4.79 Å². The normalized spacial score (nSPS) is 10.7. The third kappa shape index (κ3) is 4.34. The Bertz CT molecular complexity index is 831. The van der Waals surface area contributed by atoms with Gasteiger partial charge in [-0.3, -0.25) is 5.10 Å². The van der Waals surface area contributed by atoms with Crippen LogP contribution in [0.15, 0.2) is 56.7 Å². The molecule has 8 heteroatoms. The molecule has 3 rings (SSSR count). The zero-order valence-corrected chi connectivity index (χ0v) is 15.2. The highest BCUT2D eigenvalue weighted by Crippen LogP contribution is 2.37. The molecule has 1 aromatic carbocycles. The molecule has 1 amide bonds. The monoisotopic (exact) mass is 377 g/mol. The molecule has 0 unspecified atom stereocenters. The number of aromatic amines is 1. The molecule has 0 aliphatic carbocycles. The van der Waals surface area contributed by atoms with Gasteiger partial charge in [0.15, 0.2) is 0 Å². The molecule has 0 atom stereocenters. The van der Waals surface area contributed by atoms with Crippen molar-refractivity contribution in [2.24, 2.45) is 0 Å². The molecule has 3 aromatic rings. The lowest BCUT2D eigenvalue weighted by Gasteiger charge is -2.06. The molecule has 3 N–H and O–H groups in total. The van der Waals surface area contributed by atoms with Gasteiger partial charge >= 0.3 is 6.09 Å². The summed E-state index contributed by atoms with van der Waals surface area (Å²) in [6, 6.07) is 10.4. The van der Waals surface area contributed by atoms with E-state index in [2.05, 4.69) is 40.0 Å². The zero-order chi connectivity index (χ0) is 16.9. The molecular formula is C16H15N3O2S3. The van der Waals surface area contributed by atoms with Crippen molar-refractivity contribution < 1.29 is 9.90 Å². The number of aromatic nitrogens is 2. The first kappa shape index (κ1) is 16.9. The molecule has 2 heterocycles. The lowest BCUT2D eigenvalue weighted by molar-refractivity contribution is 0.194. The Balaban J connectivity index is 1.79. The van der Waals surface area contributed by atoms with Gasteiger partial charge < -0.3 is 10.4 Å². The van der Waals surface area contributed by atoms with Gasteiger partial charge in [0.1, 0.15) is 0 Å². The number of nitrogens with one attached hydrogen (secondary N) is 2. The predicted molar refractivity (Wildman–Crippen MR) is 99.1 cm³/mol. The highest BCUT2D eigenvalue weighted by atomic mass is 32.2. The summed E-state index contributed by atoms with van der Waals surface area (Å²) in [5.74, 6) is 0. The summed E-state index contributed by atoms with van der Waals surface area (Å²) < 4.78 is 1.13. The van der Waals surface area contributed by atoms with E-state index in [0.29, 0.717) is 6.54 Å². The first-order chi connectivity index (χ1) is 11.6. The van der Waals surface area contributed by atoms with Gasteiger partial charge in [-0.15, -0.1) is 23.1 Å². The largest absolute Gasteiger partial charge is 0.465 e. The van der Waals surface area contributed by atoms with E-state index < -0.39 is 6.09 Å². The van der Waals surface area contributed by atoms with Gasteiger partial charge in [-0.1, -0.05) is 11.8 Å². The van der Waals surface area contributed by atoms with Crippen LogP contribution in [0.3, 0.4) is 0 Å². The maximum atomic E-state index is 10.6. The Morgan fingerprint density at radius 2 is 2.12 bits per heavy atom. The van der Waals surface area contributed by atoms with Crippen LogP contribution in [0.1, 0.15) is 4.88 Å². The van der Waals surface area contributed by atoms with Crippen LogP contribution >= 0.6 is 34.9 Å². The first-order valence-corrected chi connectivity index (χ1v) is 9.91. The molecular weight excluding hydrogens is 362 g/mol. The van der Waals surface area contributed by atoms with E-state index in [-0.39, 0.29) is 0 Å². The van der Waals surface area contributed by atoms with Crippen LogP contribution in [-0.4, -0.2) is 27.7 Å². The lowest BCUT2D eigenvalue weighted by atomic mass is 10.1. The molecule has 24 heavy (non-hydrogen) atoms. The van der Waals surface area contributed by atoms with Crippen molar-refractivity contribution in [3.8, 4) is 11.1 Å². The minimum Gasteiger partial charge on any atom is -0.465 e. The van der Waals surface area contributed by atoms with Crippen LogP contribution < -0.4 is 5.32 Å². The van der Waals surface area contributed by atoms with Gasteiger partial charge in [0.25, 0.3) is 0 Å². The summed E-state index contributed by atoms with van der Waals surface area (Å²) in [6.45, 7) is 0.339. The van der Waals surface area contributed by atoms with Crippen LogP contribution in [0.2, 0.25) is 0 Å². The molecule has 0 aliphatic rings. The van der Waals surface area contributed by atoms with Crippen molar-refractivity contribution in [1.82, 2.24) is 15.5 Å². The number of rotatable bonds is 6. The van der Waals surface area contributed by atoms with E-state index in [0.717, 1.165) is 25.1 Å². The van der Waals surface area contributed by atoms with E-state index >= 15 is 0 Å². The first-order valence-electron chi connectivity index (χ1n) is 7.05. The number of thiophene rings is 1. The van der Waals surface area contributed by atoms with Gasteiger partial charge in [0, 0.05) is 26.4 Å². The molecule has 0 radical (unpaired) electrons. The number of carboxylic acid groups (broad SMARTS) is 1. The minimum absolute atomic E-state index is 0.339. The summed E-state index contributed by atoms with van der Waals surface area (Å²) in [7, 11) is 0. The van der Waals surface area contributed by atoms with Gasteiger partial charge in [-0.2, -0.15) is 5.10 Å². The highest BCUT2D eigenvalue weighted by molar-refractivity contribution is 8.01. The molecule has 0 saturated carbocycles. The highest BCUT2D eigenvalue weighted by Gasteiger charge is 2.08. The van der Waals surface area contributed by atoms with Crippen LogP contribution in [0.5, 0.6) is 0 Å². The standard InChI is InChI=1S/C16H15N3O2S3/c1-22-13-4-10(11-7-18-19-8-11)5-14(6-13)24-15-3-2-12(23-15)9-17-16(20)21/h2-8,17H,9H2,1H3,(H,18,19)(H,20,21). The molecule has 2 aromatic heterocycles. The Morgan fingerprint density at radius 3 is 2.83 bits per heavy atom. The molecule has 0 bridgehead atoms. The summed E-state index contributed by atoms with van der Waals surface area (Å²) in [5, 5.41) is 17.9. The summed E-state index contributed by atoms with van der Waals surface area (Å²) in [5.41, 5.74) is 2.19. The smallest absolute Gasteiger partial charge is 0.404 e. The number of hydrogen-bond donors (Lipinski definition) is 3. The maximum Gasteiger partial charge on any atom is 0.404 e. The lowest BCUT2D eigenvalue weighted by Crippen LogP contribution is -2.19. The van der Waals surface area contributed by atoms with Crippen LogP contribution in [-0.2, 0) is 6.54 Å². The van der Waals surface area contributed by atoms with Crippen molar-refractivity contribution in [1.29, 1.82) is 0 Å². The Kier molecular flexibility index (Phi) is 5.49. The number of nitrogens with zero attached hydrogens (tertiary/aromatic N) is 1. The number of hydrogen-bond acceptors (Lipinski definition) is 5. The SMILES string of the molecule is CSc1cc(Sc2ccc(CNC(=O)O)s2)cc(-c2cn[nH]c2)c1. The molecule has 0 aliphatic heterocycles. The van der Waals surface area contributed by atoms with E-state index in [1.807, 2.05) is 24.5 Å². The molecule has 0 saturated heterocycles.